The summed E-state index contributed by atoms with van der Waals surface area (Å²) in [5.74, 6) is -0.721. The Bertz CT molecular complexity index is 1120. The summed E-state index contributed by atoms with van der Waals surface area (Å²) in [7, 11) is -3.78. The molecule has 9 heteroatoms. The van der Waals surface area contributed by atoms with Gasteiger partial charge < -0.3 is 10.2 Å². The average molecular weight is 522 g/mol. The number of hydrogen-bond donors (Lipinski definition) is 1. The normalized spacial score (nSPS) is 13.3. The number of para-hydroxylation sites is 1. The first-order chi connectivity index (χ1) is 16.3. The lowest BCUT2D eigenvalue weighted by Gasteiger charge is -2.32. The van der Waals surface area contributed by atoms with E-state index < -0.39 is 28.5 Å². The van der Waals surface area contributed by atoms with Gasteiger partial charge in [-0.3, -0.25) is 13.9 Å². The summed E-state index contributed by atoms with van der Waals surface area (Å²) in [6.07, 6.45) is 1.83. The van der Waals surface area contributed by atoms with Gasteiger partial charge >= 0.3 is 0 Å². The maximum Gasteiger partial charge on any atom is 0.244 e. The van der Waals surface area contributed by atoms with Crippen LogP contribution in [0.4, 0.5) is 5.69 Å². The molecule has 0 spiro atoms. The van der Waals surface area contributed by atoms with Crippen molar-refractivity contribution in [3.05, 3.63) is 64.7 Å². The van der Waals surface area contributed by atoms with Crippen LogP contribution >= 0.6 is 11.6 Å². The van der Waals surface area contributed by atoms with Gasteiger partial charge in [0, 0.05) is 17.6 Å². The second-order valence-electron chi connectivity index (χ2n) is 9.13. The third-order valence-electron chi connectivity index (χ3n) is 5.94. The molecule has 0 aliphatic carbocycles. The van der Waals surface area contributed by atoms with Crippen LogP contribution in [0.25, 0.3) is 0 Å². The van der Waals surface area contributed by atoms with E-state index in [-0.39, 0.29) is 24.4 Å². The molecular weight excluding hydrogens is 486 g/mol. The fraction of sp³-hybridized carbons (Fsp3) is 0.462. The molecule has 2 aromatic carbocycles. The zero-order valence-corrected chi connectivity index (χ0v) is 22.9. The molecular formula is C26H36ClN3O4S. The van der Waals surface area contributed by atoms with Gasteiger partial charge in [-0.2, -0.15) is 0 Å². The Kier molecular flexibility index (Phi) is 10.2. The number of carbonyl (C=O) groups is 2. The van der Waals surface area contributed by atoms with Crippen LogP contribution in [-0.2, 0) is 26.2 Å². The SMILES string of the molecule is CC[C@@H](C)NC(=O)[C@@H](C)N(Cc1ccc(Cl)cc1)C(=O)CN(c1ccccc1C(C)C)S(C)(=O)=O. The van der Waals surface area contributed by atoms with Gasteiger partial charge in [-0.1, -0.05) is 62.7 Å². The fourth-order valence-corrected chi connectivity index (χ4v) is 4.63. The van der Waals surface area contributed by atoms with E-state index in [1.165, 1.54) is 4.90 Å². The van der Waals surface area contributed by atoms with Crippen LogP contribution in [0.3, 0.4) is 0 Å². The largest absolute Gasteiger partial charge is 0.352 e. The standard InChI is InChI=1S/C26H36ClN3O4S/c1-7-19(4)28-26(32)20(5)29(16-21-12-14-22(27)15-13-21)25(31)17-30(35(6,33)34)24-11-9-8-10-23(24)18(2)3/h8-15,18-20H,7,16-17H2,1-6H3,(H,28,32)/t19-,20-/m1/s1. The van der Waals surface area contributed by atoms with Crippen LogP contribution < -0.4 is 9.62 Å². The molecule has 2 aromatic rings. The highest BCUT2D eigenvalue weighted by Gasteiger charge is 2.31. The number of rotatable bonds is 11. The molecule has 2 rings (SSSR count). The van der Waals surface area contributed by atoms with E-state index >= 15 is 0 Å². The molecule has 2 atom stereocenters. The lowest BCUT2D eigenvalue weighted by Crippen LogP contribution is -2.52. The van der Waals surface area contributed by atoms with E-state index in [9.17, 15) is 18.0 Å². The summed E-state index contributed by atoms with van der Waals surface area (Å²) >= 11 is 6.01. The summed E-state index contributed by atoms with van der Waals surface area (Å²) < 4.78 is 26.7. The third kappa shape index (κ3) is 7.97. The van der Waals surface area contributed by atoms with E-state index in [2.05, 4.69) is 5.32 Å². The number of halogens is 1. The molecule has 0 aliphatic rings. The second kappa shape index (κ2) is 12.4. The van der Waals surface area contributed by atoms with Gasteiger partial charge in [-0.15, -0.1) is 0 Å². The van der Waals surface area contributed by atoms with Gasteiger partial charge in [0.2, 0.25) is 21.8 Å². The molecule has 0 bridgehead atoms. The van der Waals surface area contributed by atoms with Gasteiger partial charge in [0.25, 0.3) is 0 Å². The minimum atomic E-state index is -3.78. The van der Waals surface area contributed by atoms with Gasteiger partial charge in [-0.05, 0) is 55.5 Å². The first-order valence-corrected chi connectivity index (χ1v) is 14.0. The first-order valence-electron chi connectivity index (χ1n) is 11.8. The van der Waals surface area contributed by atoms with Crippen LogP contribution in [-0.4, -0.2) is 50.0 Å². The van der Waals surface area contributed by atoms with Crippen molar-refractivity contribution < 1.29 is 18.0 Å². The lowest BCUT2D eigenvalue weighted by atomic mass is 10.0. The lowest BCUT2D eigenvalue weighted by molar-refractivity contribution is -0.139. The summed E-state index contributed by atoms with van der Waals surface area (Å²) in [4.78, 5) is 28.0. The number of nitrogens with one attached hydrogen (secondary N) is 1. The first kappa shape index (κ1) is 28.7. The Morgan fingerprint density at radius 1 is 1.00 bits per heavy atom. The van der Waals surface area contributed by atoms with Crippen LogP contribution in [0.5, 0.6) is 0 Å². The molecule has 0 aromatic heterocycles. The predicted octanol–water partition coefficient (Wildman–Crippen LogP) is 4.56. The molecule has 192 valence electrons. The zero-order chi connectivity index (χ0) is 26.3. The Balaban J connectivity index is 2.44. The van der Waals surface area contributed by atoms with Crippen LogP contribution in [0.15, 0.2) is 48.5 Å². The molecule has 1 N–H and O–H groups in total. The maximum absolute atomic E-state index is 13.6. The van der Waals surface area contributed by atoms with Crippen molar-refractivity contribution in [2.24, 2.45) is 0 Å². The number of hydrogen-bond acceptors (Lipinski definition) is 4. The highest BCUT2D eigenvalue weighted by atomic mass is 35.5. The Morgan fingerprint density at radius 3 is 2.14 bits per heavy atom. The van der Waals surface area contributed by atoms with Gasteiger partial charge in [0.05, 0.1) is 11.9 Å². The second-order valence-corrected chi connectivity index (χ2v) is 11.5. The molecule has 0 saturated heterocycles. The number of carbonyl (C=O) groups excluding carboxylic acids is 2. The maximum atomic E-state index is 13.6. The molecule has 0 saturated carbocycles. The van der Waals surface area contributed by atoms with E-state index in [1.54, 1.807) is 43.3 Å². The average Bonchev–Trinajstić information content (AvgIpc) is 2.80. The molecule has 0 unspecified atom stereocenters. The van der Waals surface area contributed by atoms with Crippen LogP contribution in [0.2, 0.25) is 5.02 Å². The van der Waals surface area contributed by atoms with Crippen molar-refractivity contribution in [2.75, 3.05) is 17.1 Å². The zero-order valence-electron chi connectivity index (χ0n) is 21.3. The highest BCUT2D eigenvalue weighted by molar-refractivity contribution is 7.92. The number of benzene rings is 2. The Morgan fingerprint density at radius 2 is 1.60 bits per heavy atom. The van der Waals surface area contributed by atoms with Crippen molar-refractivity contribution in [2.45, 2.75) is 65.6 Å². The molecule has 7 nitrogen and oxygen atoms in total. The Hall–Kier alpha value is -2.58. The minimum absolute atomic E-state index is 0.0518. The smallest absolute Gasteiger partial charge is 0.244 e. The molecule has 2 amide bonds. The van der Waals surface area contributed by atoms with Crippen LogP contribution in [0, 0.1) is 0 Å². The predicted molar refractivity (Wildman–Crippen MR) is 142 cm³/mol. The molecule has 0 fully saturated rings. The molecule has 0 aliphatic heterocycles. The number of sulfonamides is 1. The summed E-state index contributed by atoms with van der Waals surface area (Å²) in [5, 5.41) is 3.47. The fourth-order valence-electron chi connectivity index (χ4n) is 3.63. The highest BCUT2D eigenvalue weighted by Crippen LogP contribution is 2.29. The number of anilines is 1. The summed E-state index contributed by atoms with van der Waals surface area (Å²) in [5.41, 5.74) is 2.05. The topological polar surface area (TPSA) is 86.8 Å². The van der Waals surface area contributed by atoms with Crippen molar-refractivity contribution in [1.29, 1.82) is 0 Å². The number of nitrogens with zero attached hydrogens (tertiary/aromatic N) is 2. The molecule has 0 heterocycles. The van der Waals surface area contributed by atoms with E-state index in [0.29, 0.717) is 10.7 Å². The summed E-state index contributed by atoms with van der Waals surface area (Å²) in [6, 6.07) is 13.3. The number of amides is 2. The van der Waals surface area contributed by atoms with Crippen molar-refractivity contribution in [3.63, 3.8) is 0 Å². The minimum Gasteiger partial charge on any atom is -0.352 e. The van der Waals surface area contributed by atoms with Gasteiger partial charge in [0.15, 0.2) is 0 Å². The monoisotopic (exact) mass is 521 g/mol. The van der Waals surface area contributed by atoms with Gasteiger partial charge in [-0.25, -0.2) is 8.42 Å². The van der Waals surface area contributed by atoms with Crippen LogP contribution in [0.1, 0.15) is 58.1 Å². The van der Waals surface area contributed by atoms with E-state index in [0.717, 1.165) is 28.1 Å². The Labute approximate surface area is 214 Å². The molecule has 35 heavy (non-hydrogen) atoms. The quantitative estimate of drug-likeness (QED) is 0.469. The van der Waals surface area contributed by atoms with E-state index in [1.807, 2.05) is 39.8 Å². The summed E-state index contributed by atoms with van der Waals surface area (Å²) in [6.45, 7) is 9.15. The molecule has 0 radical (unpaired) electrons. The third-order valence-corrected chi connectivity index (χ3v) is 7.32. The van der Waals surface area contributed by atoms with E-state index in [4.69, 9.17) is 11.6 Å². The van der Waals surface area contributed by atoms with Gasteiger partial charge in [0.1, 0.15) is 12.6 Å². The van der Waals surface area contributed by atoms with Crippen molar-refractivity contribution >= 4 is 39.1 Å². The van der Waals surface area contributed by atoms with Crippen molar-refractivity contribution in [3.8, 4) is 0 Å². The van der Waals surface area contributed by atoms with Crippen molar-refractivity contribution in [1.82, 2.24) is 10.2 Å².